The predicted octanol–water partition coefficient (Wildman–Crippen LogP) is 2.87. The molecule has 96 valence electrons. The summed E-state index contributed by atoms with van der Waals surface area (Å²) in [5.74, 6) is -0.279. The van der Waals surface area contributed by atoms with E-state index >= 15 is 0 Å². The van der Waals surface area contributed by atoms with Crippen molar-refractivity contribution in [3.63, 3.8) is 0 Å². The Morgan fingerprint density at radius 1 is 1.39 bits per heavy atom. The van der Waals surface area contributed by atoms with Crippen LogP contribution in [0.15, 0.2) is 24.3 Å². The SMILES string of the molecule is CC(C#N)CNC(=O)c1ccccc1C(C)(C)C. The van der Waals surface area contributed by atoms with Crippen molar-refractivity contribution in [1.82, 2.24) is 5.32 Å². The van der Waals surface area contributed by atoms with E-state index in [1.807, 2.05) is 24.3 Å². The van der Waals surface area contributed by atoms with Gasteiger partial charge in [-0.3, -0.25) is 4.79 Å². The van der Waals surface area contributed by atoms with Crippen LogP contribution in [0.2, 0.25) is 0 Å². The minimum Gasteiger partial charge on any atom is -0.351 e. The summed E-state index contributed by atoms with van der Waals surface area (Å²) in [5, 5.41) is 11.5. The molecule has 0 saturated heterocycles. The van der Waals surface area contributed by atoms with Crippen LogP contribution in [0.3, 0.4) is 0 Å². The third-order valence-electron chi connectivity index (χ3n) is 2.77. The topological polar surface area (TPSA) is 52.9 Å². The van der Waals surface area contributed by atoms with Crippen molar-refractivity contribution in [2.45, 2.75) is 33.1 Å². The van der Waals surface area contributed by atoms with Crippen LogP contribution in [-0.4, -0.2) is 12.5 Å². The summed E-state index contributed by atoms with van der Waals surface area (Å²) >= 11 is 0. The van der Waals surface area contributed by atoms with Crippen molar-refractivity contribution < 1.29 is 4.79 Å². The average Bonchev–Trinajstić information content (AvgIpc) is 2.34. The fourth-order valence-corrected chi connectivity index (χ4v) is 1.72. The van der Waals surface area contributed by atoms with E-state index in [0.717, 1.165) is 5.56 Å². The molecule has 1 rings (SSSR count). The molecule has 0 aliphatic rings. The first-order chi connectivity index (χ1) is 8.36. The number of benzene rings is 1. The molecule has 0 saturated carbocycles. The van der Waals surface area contributed by atoms with E-state index in [2.05, 4.69) is 32.2 Å². The second kappa shape index (κ2) is 5.68. The van der Waals surface area contributed by atoms with E-state index < -0.39 is 0 Å². The van der Waals surface area contributed by atoms with Gasteiger partial charge in [-0.15, -0.1) is 0 Å². The van der Waals surface area contributed by atoms with E-state index in [-0.39, 0.29) is 17.2 Å². The van der Waals surface area contributed by atoms with Crippen molar-refractivity contribution in [3.8, 4) is 6.07 Å². The Bertz CT molecular complexity index is 466. The molecule has 0 aliphatic heterocycles. The Kier molecular flexibility index (Phi) is 4.49. The average molecular weight is 244 g/mol. The molecule has 0 aliphatic carbocycles. The molecule has 0 radical (unpaired) electrons. The number of nitrogens with zero attached hydrogens (tertiary/aromatic N) is 1. The van der Waals surface area contributed by atoms with E-state index in [1.54, 1.807) is 6.92 Å². The number of carbonyl (C=O) groups excluding carboxylic acids is 1. The molecule has 18 heavy (non-hydrogen) atoms. The normalized spacial score (nSPS) is 12.6. The fraction of sp³-hybridized carbons (Fsp3) is 0.467. The molecule has 1 unspecified atom stereocenters. The maximum atomic E-state index is 12.1. The zero-order chi connectivity index (χ0) is 13.8. The van der Waals surface area contributed by atoms with Crippen LogP contribution in [0.4, 0.5) is 0 Å². The molecule has 0 fully saturated rings. The molecular formula is C15H20N2O. The number of hydrogen-bond acceptors (Lipinski definition) is 2. The number of amides is 1. The van der Waals surface area contributed by atoms with Crippen molar-refractivity contribution in [1.29, 1.82) is 5.26 Å². The maximum absolute atomic E-state index is 12.1. The van der Waals surface area contributed by atoms with Crippen molar-refractivity contribution >= 4 is 5.91 Å². The number of carbonyl (C=O) groups is 1. The van der Waals surface area contributed by atoms with Gasteiger partial charge in [-0.1, -0.05) is 39.0 Å². The van der Waals surface area contributed by atoms with E-state index in [9.17, 15) is 4.79 Å². The van der Waals surface area contributed by atoms with Crippen LogP contribution in [0.25, 0.3) is 0 Å². The first-order valence-electron chi connectivity index (χ1n) is 6.13. The van der Waals surface area contributed by atoms with Gasteiger partial charge in [0.25, 0.3) is 5.91 Å². The Balaban J connectivity index is 2.90. The van der Waals surface area contributed by atoms with Crippen LogP contribution in [0, 0.1) is 17.2 Å². The molecule has 1 aromatic carbocycles. The summed E-state index contributed by atoms with van der Waals surface area (Å²) in [5.41, 5.74) is 1.64. The lowest BCUT2D eigenvalue weighted by Gasteiger charge is -2.22. The Morgan fingerprint density at radius 3 is 2.56 bits per heavy atom. The smallest absolute Gasteiger partial charge is 0.251 e. The van der Waals surface area contributed by atoms with Gasteiger partial charge in [0, 0.05) is 12.1 Å². The first-order valence-corrected chi connectivity index (χ1v) is 6.13. The van der Waals surface area contributed by atoms with Gasteiger partial charge < -0.3 is 5.32 Å². The third kappa shape index (κ3) is 3.59. The van der Waals surface area contributed by atoms with Gasteiger partial charge in [0.1, 0.15) is 0 Å². The van der Waals surface area contributed by atoms with Crippen LogP contribution in [-0.2, 0) is 5.41 Å². The predicted molar refractivity (Wildman–Crippen MR) is 72.3 cm³/mol. The molecule has 1 N–H and O–H groups in total. The van der Waals surface area contributed by atoms with E-state index in [0.29, 0.717) is 12.1 Å². The highest BCUT2D eigenvalue weighted by Crippen LogP contribution is 2.25. The summed E-state index contributed by atoms with van der Waals surface area (Å²) in [6, 6.07) is 9.70. The van der Waals surface area contributed by atoms with Gasteiger partial charge in [0.15, 0.2) is 0 Å². The molecule has 1 aromatic rings. The zero-order valence-electron chi connectivity index (χ0n) is 11.4. The van der Waals surface area contributed by atoms with Crippen LogP contribution >= 0.6 is 0 Å². The van der Waals surface area contributed by atoms with Crippen molar-refractivity contribution in [3.05, 3.63) is 35.4 Å². The van der Waals surface area contributed by atoms with Gasteiger partial charge in [0.05, 0.1) is 12.0 Å². The molecule has 1 amide bonds. The minimum absolute atomic E-state index is 0.0746. The number of nitriles is 1. The highest BCUT2D eigenvalue weighted by Gasteiger charge is 2.21. The van der Waals surface area contributed by atoms with Crippen molar-refractivity contribution in [2.24, 2.45) is 5.92 Å². The lowest BCUT2D eigenvalue weighted by molar-refractivity contribution is 0.0948. The van der Waals surface area contributed by atoms with Crippen molar-refractivity contribution in [2.75, 3.05) is 6.54 Å². The molecule has 0 aromatic heterocycles. The largest absolute Gasteiger partial charge is 0.351 e. The second-order valence-electron chi connectivity index (χ2n) is 5.54. The fourth-order valence-electron chi connectivity index (χ4n) is 1.72. The van der Waals surface area contributed by atoms with Gasteiger partial charge in [-0.25, -0.2) is 0 Å². The van der Waals surface area contributed by atoms with Crippen LogP contribution in [0.5, 0.6) is 0 Å². The van der Waals surface area contributed by atoms with Gasteiger partial charge >= 0.3 is 0 Å². The van der Waals surface area contributed by atoms with Gasteiger partial charge in [0.2, 0.25) is 0 Å². The van der Waals surface area contributed by atoms with Gasteiger partial charge in [-0.2, -0.15) is 5.26 Å². The lowest BCUT2D eigenvalue weighted by atomic mass is 9.83. The van der Waals surface area contributed by atoms with Gasteiger partial charge in [-0.05, 0) is 24.0 Å². The van der Waals surface area contributed by atoms with Crippen LogP contribution in [0.1, 0.15) is 43.6 Å². The zero-order valence-corrected chi connectivity index (χ0v) is 11.4. The molecule has 3 heteroatoms. The Hall–Kier alpha value is -1.82. The Morgan fingerprint density at radius 2 is 2.00 bits per heavy atom. The van der Waals surface area contributed by atoms with E-state index in [1.165, 1.54) is 0 Å². The highest BCUT2D eigenvalue weighted by molar-refractivity contribution is 5.96. The second-order valence-corrected chi connectivity index (χ2v) is 5.54. The highest BCUT2D eigenvalue weighted by atomic mass is 16.1. The summed E-state index contributed by atoms with van der Waals surface area (Å²) in [6.07, 6.45) is 0. The molecule has 0 heterocycles. The maximum Gasteiger partial charge on any atom is 0.251 e. The number of hydrogen-bond donors (Lipinski definition) is 1. The number of rotatable bonds is 3. The molecule has 0 bridgehead atoms. The van der Waals surface area contributed by atoms with E-state index in [4.69, 9.17) is 5.26 Å². The quantitative estimate of drug-likeness (QED) is 0.888. The summed E-state index contributed by atoms with van der Waals surface area (Å²) < 4.78 is 0. The number of nitrogens with one attached hydrogen (secondary N) is 1. The monoisotopic (exact) mass is 244 g/mol. The molecular weight excluding hydrogens is 224 g/mol. The molecule has 0 spiro atoms. The lowest BCUT2D eigenvalue weighted by Crippen LogP contribution is -2.30. The minimum atomic E-state index is -0.171. The molecule has 1 atom stereocenters. The first kappa shape index (κ1) is 14.2. The Labute approximate surface area is 109 Å². The third-order valence-corrected chi connectivity index (χ3v) is 2.77. The standard InChI is InChI=1S/C15H20N2O/c1-11(9-16)10-17-14(18)12-7-5-6-8-13(12)15(2,3)4/h5-8,11H,10H2,1-4H3,(H,17,18). The summed E-state index contributed by atoms with van der Waals surface area (Å²) in [6.45, 7) is 8.41. The summed E-state index contributed by atoms with van der Waals surface area (Å²) in [4.78, 5) is 12.1. The van der Waals surface area contributed by atoms with Crippen LogP contribution < -0.4 is 5.32 Å². The summed E-state index contributed by atoms with van der Waals surface area (Å²) in [7, 11) is 0. The molecule has 3 nitrogen and oxygen atoms in total.